The van der Waals surface area contributed by atoms with Gasteiger partial charge in [-0.1, -0.05) is 38.1 Å². The van der Waals surface area contributed by atoms with Crippen molar-refractivity contribution < 1.29 is 4.74 Å². The molecule has 2 rings (SSSR count). The van der Waals surface area contributed by atoms with Gasteiger partial charge in [-0.25, -0.2) is 0 Å². The van der Waals surface area contributed by atoms with Gasteiger partial charge in [-0.05, 0) is 49.4 Å². The summed E-state index contributed by atoms with van der Waals surface area (Å²) in [6, 6.07) is 9.05. The lowest BCUT2D eigenvalue weighted by Crippen LogP contribution is -2.31. The minimum Gasteiger partial charge on any atom is -0.384 e. The third-order valence-electron chi connectivity index (χ3n) is 4.14. The largest absolute Gasteiger partial charge is 0.384 e. The number of piperidine rings is 1. The van der Waals surface area contributed by atoms with Crippen molar-refractivity contribution in [1.29, 1.82) is 0 Å². The summed E-state index contributed by atoms with van der Waals surface area (Å²) in [5.74, 6) is 0.800. The monoisotopic (exact) mass is 261 g/mol. The second-order valence-electron chi connectivity index (χ2n) is 6.43. The van der Waals surface area contributed by atoms with Gasteiger partial charge in [0.1, 0.15) is 0 Å². The van der Waals surface area contributed by atoms with Gasteiger partial charge in [-0.15, -0.1) is 0 Å². The van der Waals surface area contributed by atoms with Gasteiger partial charge in [0.15, 0.2) is 0 Å². The predicted octanol–water partition coefficient (Wildman–Crippen LogP) is 3.15. The molecular formula is C17H27NO. The number of methoxy groups -OCH3 is 1. The molecule has 0 spiro atoms. The Kier molecular flexibility index (Phi) is 5.00. The smallest absolute Gasteiger partial charge is 0.0553 e. The van der Waals surface area contributed by atoms with Gasteiger partial charge in [0, 0.05) is 12.5 Å². The summed E-state index contributed by atoms with van der Waals surface area (Å²) in [4.78, 5) is 0. The van der Waals surface area contributed by atoms with Gasteiger partial charge in [-0.3, -0.25) is 0 Å². The number of ether oxygens (including phenoxy) is 1. The lowest BCUT2D eigenvalue weighted by molar-refractivity contribution is 0.146. The molecule has 19 heavy (non-hydrogen) atoms. The average molecular weight is 261 g/mol. The van der Waals surface area contributed by atoms with Crippen LogP contribution < -0.4 is 5.32 Å². The first kappa shape index (κ1) is 14.5. The van der Waals surface area contributed by atoms with E-state index in [1.54, 1.807) is 7.11 Å². The normalized spacial score (nSPS) is 20.5. The van der Waals surface area contributed by atoms with E-state index < -0.39 is 0 Å². The standard InChI is InChI=1S/C17H27NO/c1-17(2,13-19-3)16-8-4-6-14(11-16)10-15-7-5-9-18-12-15/h4,6,8,11,15,18H,5,7,9-10,12-13H2,1-3H3. The molecule has 1 aliphatic rings. The van der Waals surface area contributed by atoms with E-state index in [9.17, 15) is 0 Å². The molecule has 106 valence electrons. The van der Waals surface area contributed by atoms with Crippen LogP contribution in [-0.4, -0.2) is 26.8 Å². The summed E-state index contributed by atoms with van der Waals surface area (Å²) < 4.78 is 5.34. The van der Waals surface area contributed by atoms with E-state index in [1.807, 2.05) is 0 Å². The zero-order valence-electron chi connectivity index (χ0n) is 12.5. The van der Waals surface area contributed by atoms with E-state index >= 15 is 0 Å². The second kappa shape index (κ2) is 6.53. The van der Waals surface area contributed by atoms with Crippen LogP contribution >= 0.6 is 0 Å². The lowest BCUT2D eigenvalue weighted by Gasteiger charge is -2.26. The summed E-state index contributed by atoms with van der Waals surface area (Å²) in [5, 5.41) is 3.50. The summed E-state index contributed by atoms with van der Waals surface area (Å²) >= 11 is 0. The van der Waals surface area contributed by atoms with Crippen molar-refractivity contribution in [2.24, 2.45) is 5.92 Å². The molecule has 0 bridgehead atoms. The van der Waals surface area contributed by atoms with Crippen LogP contribution in [0.4, 0.5) is 0 Å². The van der Waals surface area contributed by atoms with E-state index in [-0.39, 0.29) is 5.41 Å². The lowest BCUT2D eigenvalue weighted by atomic mass is 9.83. The molecule has 1 atom stereocenters. The highest BCUT2D eigenvalue weighted by atomic mass is 16.5. The van der Waals surface area contributed by atoms with Gasteiger partial charge in [-0.2, -0.15) is 0 Å². The van der Waals surface area contributed by atoms with Crippen LogP contribution in [0.15, 0.2) is 24.3 Å². The topological polar surface area (TPSA) is 21.3 Å². The molecule has 0 radical (unpaired) electrons. The van der Waals surface area contributed by atoms with Crippen molar-refractivity contribution in [3.05, 3.63) is 35.4 Å². The Hall–Kier alpha value is -0.860. The molecule has 2 nitrogen and oxygen atoms in total. The molecule has 0 aliphatic carbocycles. The first-order chi connectivity index (χ1) is 9.12. The molecule has 1 N–H and O–H groups in total. The van der Waals surface area contributed by atoms with Crippen LogP contribution in [0.2, 0.25) is 0 Å². The van der Waals surface area contributed by atoms with Crippen LogP contribution in [0.25, 0.3) is 0 Å². The zero-order valence-corrected chi connectivity index (χ0v) is 12.5. The van der Waals surface area contributed by atoms with Gasteiger partial charge >= 0.3 is 0 Å². The van der Waals surface area contributed by atoms with Crippen LogP contribution in [0.3, 0.4) is 0 Å². The number of benzene rings is 1. The molecular weight excluding hydrogens is 234 g/mol. The maximum Gasteiger partial charge on any atom is 0.0553 e. The van der Waals surface area contributed by atoms with Crippen molar-refractivity contribution in [3.8, 4) is 0 Å². The predicted molar refractivity (Wildman–Crippen MR) is 80.6 cm³/mol. The van der Waals surface area contributed by atoms with Crippen molar-refractivity contribution in [2.45, 2.75) is 38.5 Å². The van der Waals surface area contributed by atoms with Gasteiger partial charge < -0.3 is 10.1 Å². The SMILES string of the molecule is COCC(C)(C)c1cccc(CC2CCCNC2)c1. The van der Waals surface area contributed by atoms with Crippen LogP contribution in [0, 0.1) is 5.92 Å². The fourth-order valence-corrected chi connectivity index (χ4v) is 2.99. The molecule has 0 amide bonds. The van der Waals surface area contributed by atoms with Gasteiger partial charge in [0.25, 0.3) is 0 Å². The Balaban J connectivity index is 2.06. The molecule has 0 saturated carbocycles. The fourth-order valence-electron chi connectivity index (χ4n) is 2.99. The quantitative estimate of drug-likeness (QED) is 0.879. The molecule has 1 aliphatic heterocycles. The van der Waals surface area contributed by atoms with Crippen molar-refractivity contribution in [3.63, 3.8) is 0 Å². The molecule has 0 aromatic heterocycles. The summed E-state index contributed by atoms with van der Waals surface area (Å²) in [6.45, 7) is 7.63. The minimum atomic E-state index is 0.0928. The maximum atomic E-state index is 5.34. The summed E-state index contributed by atoms with van der Waals surface area (Å²) in [6.07, 6.45) is 3.88. The number of hydrogen-bond donors (Lipinski definition) is 1. The maximum absolute atomic E-state index is 5.34. The number of hydrogen-bond acceptors (Lipinski definition) is 2. The van der Waals surface area contributed by atoms with Crippen molar-refractivity contribution in [2.75, 3.05) is 26.8 Å². The van der Waals surface area contributed by atoms with Crippen LogP contribution in [-0.2, 0) is 16.6 Å². The zero-order chi connectivity index (χ0) is 13.7. The third kappa shape index (κ3) is 4.05. The summed E-state index contributed by atoms with van der Waals surface area (Å²) in [7, 11) is 1.78. The number of rotatable bonds is 5. The van der Waals surface area contributed by atoms with Gasteiger partial charge in [0.05, 0.1) is 6.61 Å². The number of nitrogens with one attached hydrogen (secondary N) is 1. The second-order valence-corrected chi connectivity index (χ2v) is 6.43. The Morgan fingerprint density at radius 2 is 2.21 bits per heavy atom. The first-order valence-electron chi connectivity index (χ1n) is 7.41. The first-order valence-corrected chi connectivity index (χ1v) is 7.41. The molecule has 1 fully saturated rings. The van der Waals surface area contributed by atoms with Gasteiger partial charge in [0.2, 0.25) is 0 Å². The Morgan fingerprint density at radius 3 is 2.89 bits per heavy atom. The molecule has 1 saturated heterocycles. The van der Waals surface area contributed by atoms with Crippen LogP contribution in [0.1, 0.15) is 37.8 Å². The third-order valence-corrected chi connectivity index (χ3v) is 4.14. The highest BCUT2D eigenvalue weighted by Crippen LogP contribution is 2.25. The average Bonchev–Trinajstić information content (AvgIpc) is 2.40. The molecule has 1 unspecified atom stereocenters. The molecule has 1 heterocycles. The summed E-state index contributed by atoms with van der Waals surface area (Å²) in [5.41, 5.74) is 2.95. The van der Waals surface area contributed by atoms with E-state index in [0.29, 0.717) is 0 Å². The van der Waals surface area contributed by atoms with E-state index in [1.165, 1.54) is 43.5 Å². The molecule has 2 heteroatoms. The highest BCUT2D eigenvalue weighted by Gasteiger charge is 2.21. The van der Waals surface area contributed by atoms with E-state index in [4.69, 9.17) is 4.74 Å². The minimum absolute atomic E-state index is 0.0928. The van der Waals surface area contributed by atoms with E-state index in [2.05, 4.69) is 43.4 Å². The molecule has 1 aromatic rings. The van der Waals surface area contributed by atoms with Crippen LogP contribution in [0.5, 0.6) is 0 Å². The molecule has 1 aromatic carbocycles. The van der Waals surface area contributed by atoms with Crippen molar-refractivity contribution >= 4 is 0 Å². The fraction of sp³-hybridized carbons (Fsp3) is 0.647. The Morgan fingerprint density at radius 1 is 1.37 bits per heavy atom. The highest BCUT2D eigenvalue weighted by molar-refractivity contribution is 5.29. The van der Waals surface area contributed by atoms with Crippen molar-refractivity contribution in [1.82, 2.24) is 5.32 Å². The Labute approximate surface area is 117 Å². The van der Waals surface area contributed by atoms with E-state index in [0.717, 1.165) is 12.5 Å². The Bertz CT molecular complexity index is 394.